The Bertz CT molecular complexity index is 700. The number of nitrogens with zero attached hydrogens (tertiary/aromatic N) is 1. The zero-order valence-electron chi connectivity index (χ0n) is 11.9. The maximum absolute atomic E-state index is 12.7. The first-order valence-corrected chi connectivity index (χ1v) is 8.46. The molecule has 6 heteroatoms. The summed E-state index contributed by atoms with van der Waals surface area (Å²) in [5.41, 5.74) is 6.76. The number of hydrogen-bond acceptors (Lipinski definition) is 4. The second-order valence-corrected chi connectivity index (χ2v) is 7.30. The Labute approximate surface area is 136 Å². The number of thiophene rings is 1. The van der Waals surface area contributed by atoms with E-state index in [9.17, 15) is 4.79 Å². The van der Waals surface area contributed by atoms with Gasteiger partial charge < -0.3 is 15.4 Å². The topological polar surface area (TPSA) is 55.6 Å². The molecule has 112 valence electrons. The van der Waals surface area contributed by atoms with Crippen LogP contribution in [0, 0.1) is 0 Å². The van der Waals surface area contributed by atoms with Crippen LogP contribution in [-0.4, -0.2) is 36.6 Å². The van der Waals surface area contributed by atoms with E-state index >= 15 is 0 Å². The van der Waals surface area contributed by atoms with Gasteiger partial charge in [-0.25, -0.2) is 0 Å². The number of ether oxygens (including phenoxy) is 1. The zero-order chi connectivity index (χ0) is 15.1. The summed E-state index contributed by atoms with van der Waals surface area (Å²) in [4.78, 5) is 15.1. The molecule has 4 nitrogen and oxygen atoms in total. The number of rotatable bonds is 2. The van der Waals surface area contributed by atoms with Crippen LogP contribution in [0.2, 0.25) is 0 Å². The number of hydrogen-bond donors (Lipinski definition) is 1. The molecule has 2 N–H and O–H groups in total. The summed E-state index contributed by atoms with van der Waals surface area (Å²) in [6.07, 6.45) is 0.948. The van der Waals surface area contributed by atoms with Crippen molar-refractivity contribution in [2.24, 2.45) is 0 Å². The van der Waals surface area contributed by atoms with Gasteiger partial charge in [-0.2, -0.15) is 0 Å². The van der Waals surface area contributed by atoms with E-state index < -0.39 is 0 Å². The molecule has 1 fully saturated rings. The standard InChI is InChI=1S/C15H17BrN2O2S/c1-8-11(5-6-20-8)18(2)15(19)14-13(17)10-7-9(16)3-4-12(10)21-14/h3-4,7-8,11H,5-6,17H2,1-2H3. The Morgan fingerprint density at radius 2 is 2.29 bits per heavy atom. The largest absolute Gasteiger partial charge is 0.397 e. The number of fused-ring (bicyclic) bond motifs is 1. The summed E-state index contributed by atoms with van der Waals surface area (Å²) in [6.45, 7) is 2.71. The van der Waals surface area contributed by atoms with Crippen LogP contribution in [-0.2, 0) is 4.74 Å². The molecule has 1 aliphatic heterocycles. The minimum absolute atomic E-state index is 0.0211. The smallest absolute Gasteiger partial charge is 0.266 e. The van der Waals surface area contributed by atoms with Gasteiger partial charge in [-0.3, -0.25) is 4.79 Å². The number of carbonyl (C=O) groups is 1. The van der Waals surface area contributed by atoms with Crippen LogP contribution in [0.25, 0.3) is 10.1 Å². The fraction of sp³-hybridized carbons (Fsp3) is 0.400. The predicted octanol–water partition coefficient (Wildman–Crippen LogP) is 3.50. The van der Waals surface area contributed by atoms with Gasteiger partial charge in [0.2, 0.25) is 0 Å². The molecule has 0 saturated carbocycles. The molecule has 2 unspecified atom stereocenters. The van der Waals surface area contributed by atoms with E-state index in [1.54, 1.807) is 4.90 Å². The highest BCUT2D eigenvalue weighted by Gasteiger charge is 2.32. The van der Waals surface area contributed by atoms with Crippen molar-refractivity contribution in [2.75, 3.05) is 19.4 Å². The van der Waals surface area contributed by atoms with Gasteiger partial charge in [-0.15, -0.1) is 11.3 Å². The summed E-state index contributed by atoms with van der Waals surface area (Å²) < 4.78 is 7.54. The Morgan fingerprint density at radius 1 is 1.52 bits per heavy atom. The van der Waals surface area contributed by atoms with Crippen molar-refractivity contribution in [3.63, 3.8) is 0 Å². The number of carbonyl (C=O) groups excluding carboxylic acids is 1. The van der Waals surface area contributed by atoms with E-state index in [1.165, 1.54) is 11.3 Å². The van der Waals surface area contributed by atoms with Crippen molar-refractivity contribution in [1.29, 1.82) is 0 Å². The maximum Gasteiger partial charge on any atom is 0.266 e. The van der Waals surface area contributed by atoms with Gasteiger partial charge in [0.1, 0.15) is 4.88 Å². The Morgan fingerprint density at radius 3 is 2.95 bits per heavy atom. The molecule has 0 spiro atoms. The molecule has 2 aromatic rings. The maximum atomic E-state index is 12.7. The minimum atomic E-state index is -0.0211. The van der Waals surface area contributed by atoms with Crippen molar-refractivity contribution in [3.8, 4) is 0 Å². The first-order chi connectivity index (χ1) is 9.99. The highest BCUT2D eigenvalue weighted by molar-refractivity contribution is 9.10. The average molecular weight is 369 g/mol. The van der Waals surface area contributed by atoms with Gasteiger partial charge in [0.25, 0.3) is 5.91 Å². The summed E-state index contributed by atoms with van der Waals surface area (Å²) >= 11 is 4.89. The van der Waals surface area contributed by atoms with E-state index in [1.807, 2.05) is 32.2 Å². The second-order valence-electron chi connectivity index (χ2n) is 5.33. The zero-order valence-corrected chi connectivity index (χ0v) is 14.3. The second kappa shape index (κ2) is 5.59. The predicted molar refractivity (Wildman–Crippen MR) is 89.8 cm³/mol. The van der Waals surface area contributed by atoms with E-state index in [0.29, 0.717) is 17.2 Å². The van der Waals surface area contributed by atoms with Crippen LogP contribution in [0.1, 0.15) is 23.0 Å². The highest BCUT2D eigenvalue weighted by Crippen LogP contribution is 2.36. The van der Waals surface area contributed by atoms with Crippen LogP contribution >= 0.6 is 27.3 Å². The lowest BCUT2D eigenvalue weighted by Gasteiger charge is -2.26. The monoisotopic (exact) mass is 368 g/mol. The Balaban J connectivity index is 1.96. The number of nitrogen functional groups attached to an aromatic ring is 1. The van der Waals surface area contributed by atoms with Crippen LogP contribution in [0.15, 0.2) is 22.7 Å². The van der Waals surface area contributed by atoms with E-state index in [2.05, 4.69) is 15.9 Å². The summed E-state index contributed by atoms with van der Waals surface area (Å²) in [6, 6.07) is 6.02. The SMILES string of the molecule is CC1OCCC1N(C)C(=O)c1sc2ccc(Br)cc2c1N. The van der Waals surface area contributed by atoms with Crippen LogP contribution in [0.5, 0.6) is 0 Å². The third kappa shape index (κ3) is 2.56. The van der Waals surface area contributed by atoms with Crippen molar-refractivity contribution in [1.82, 2.24) is 4.90 Å². The van der Waals surface area contributed by atoms with E-state index in [4.69, 9.17) is 10.5 Å². The molecule has 1 aromatic carbocycles. The van der Waals surface area contributed by atoms with Gasteiger partial charge in [0.05, 0.1) is 17.8 Å². The lowest BCUT2D eigenvalue weighted by molar-refractivity contribution is 0.0579. The van der Waals surface area contributed by atoms with Gasteiger partial charge in [-0.1, -0.05) is 15.9 Å². The Kier molecular flexibility index (Phi) is 3.94. The van der Waals surface area contributed by atoms with E-state index in [0.717, 1.165) is 21.0 Å². The quantitative estimate of drug-likeness (QED) is 0.882. The molecule has 2 atom stereocenters. The number of nitrogens with two attached hydrogens (primary N) is 1. The first-order valence-electron chi connectivity index (χ1n) is 6.85. The average Bonchev–Trinajstić information content (AvgIpc) is 3.02. The number of amides is 1. The summed E-state index contributed by atoms with van der Waals surface area (Å²) in [5.74, 6) is -0.0211. The van der Waals surface area contributed by atoms with Crippen molar-refractivity contribution in [3.05, 3.63) is 27.5 Å². The number of benzene rings is 1. The number of likely N-dealkylation sites (N-methyl/N-ethyl adjacent to an activating group) is 1. The van der Waals surface area contributed by atoms with Crippen LogP contribution in [0.4, 0.5) is 5.69 Å². The third-order valence-corrected chi connectivity index (χ3v) is 5.70. The fourth-order valence-corrected chi connectivity index (χ4v) is 4.23. The lowest BCUT2D eigenvalue weighted by atomic mass is 10.1. The molecule has 0 radical (unpaired) electrons. The minimum Gasteiger partial charge on any atom is -0.397 e. The highest BCUT2D eigenvalue weighted by atomic mass is 79.9. The molecule has 1 aromatic heterocycles. The third-order valence-electron chi connectivity index (χ3n) is 4.04. The van der Waals surface area contributed by atoms with Gasteiger partial charge in [0, 0.05) is 28.2 Å². The molecular formula is C15H17BrN2O2S. The van der Waals surface area contributed by atoms with Crippen LogP contribution < -0.4 is 5.73 Å². The van der Waals surface area contributed by atoms with Crippen molar-refractivity contribution in [2.45, 2.75) is 25.5 Å². The molecule has 21 heavy (non-hydrogen) atoms. The van der Waals surface area contributed by atoms with Crippen molar-refractivity contribution >= 4 is 48.9 Å². The molecule has 3 rings (SSSR count). The number of anilines is 1. The molecule has 1 amide bonds. The first kappa shape index (κ1) is 14.8. The molecule has 1 saturated heterocycles. The van der Waals surface area contributed by atoms with E-state index in [-0.39, 0.29) is 18.1 Å². The van der Waals surface area contributed by atoms with Gasteiger partial charge >= 0.3 is 0 Å². The lowest BCUT2D eigenvalue weighted by Crippen LogP contribution is -2.40. The normalized spacial score (nSPS) is 21.9. The Hall–Kier alpha value is -1.11. The van der Waals surface area contributed by atoms with Crippen LogP contribution in [0.3, 0.4) is 0 Å². The van der Waals surface area contributed by atoms with Gasteiger partial charge in [-0.05, 0) is 31.5 Å². The molecule has 2 heterocycles. The molecule has 0 aliphatic carbocycles. The molecular weight excluding hydrogens is 352 g/mol. The molecule has 0 bridgehead atoms. The van der Waals surface area contributed by atoms with Crippen molar-refractivity contribution < 1.29 is 9.53 Å². The summed E-state index contributed by atoms with van der Waals surface area (Å²) in [5, 5.41) is 0.932. The number of halogens is 1. The molecule has 1 aliphatic rings. The van der Waals surface area contributed by atoms with Gasteiger partial charge in [0.15, 0.2) is 0 Å². The summed E-state index contributed by atoms with van der Waals surface area (Å²) in [7, 11) is 1.83. The fourth-order valence-electron chi connectivity index (χ4n) is 2.79.